The van der Waals surface area contributed by atoms with Crippen molar-refractivity contribution in [2.45, 2.75) is 58.1 Å². The van der Waals surface area contributed by atoms with E-state index in [1.165, 1.54) is 24.0 Å². The third-order valence-corrected chi connectivity index (χ3v) is 3.33. The van der Waals surface area contributed by atoms with Crippen LogP contribution in [0.25, 0.3) is 0 Å². The molecule has 0 fully saturated rings. The predicted molar refractivity (Wildman–Crippen MR) is 76.0 cm³/mol. The maximum Gasteiger partial charge on any atom is 0.323 e. The van der Waals surface area contributed by atoms with Crippen molar-refractivity contribution in [3.8, 4) is 0 Å². The van der Waals surface area contributed by atoms with Gasteiger partial charge in [-0.15, -0.1) is 0 Å². The normalized spacial score (nSPS) is 16.0. The van der Waals surface area contributed by atoms with E-state index in [0.29, 0.717) is 6.42 Å². The second kappa shape index (κ2) is 5.33. The van der Waals surface area contributed by atoms with E-state index in [4.69, 9.17) is 10.5 Å². The van der Waals surface area contributed by atoms with Crippen molar-refractivity contribution in [3.05, 3.63) is 34.9 Å². The van der Waals surface area contributed by atoms with Crippen molar-refractivity contribution in [1.82, 2.24) is 0 Å². The van der Waals surface area contributed by atoms with Gasteiger partial charge in [-0.25, -0.2) is 0 Å². The maximum absolute atomic E-state index is 11.8. The van der Waals surface area contributed by atoms with E-state index in [9.17, 15) is 4.79 Å². The minimum Gasteiger partial charge on any atom is -0.459 e. The van der Waals surface area contributed by atoms with Gasteiger partial charge in [-0.3, -0.25) is 4.79 Å². The van der Waals surface area contributed by atoms with Crippen molar-refractivity contribution < 1.29 is 9.53 Å². The summed E-state index contributed by atoms with van der Waals surface area (Å²) in [5, 5.41) is 0. The van der Waals surface area contributed by atoms with E-state index < -0.39 is 11.6 Å². The number of carbonyl (C=O) groups is 1. The van der Waals surface area contributed by atoms with Crippen LogP contribution in [-0.2, 0) is 28.8 Å². The fourth-order valence-corrected chi connectivity index (χ4v) is 2.47. The number of hydrogen-bond acceptors (Lipinski definition) is 3. The molecule has 19 heavy (non-hydrogen) atoms. The molecule has 1 aliphatic rings. The standard InChI is InChI=1S/C16H23NO2/c1-16(2,3)19-15(18)14(17)10-11-7-8-12-5-4-6-13(12)9-11/h7-9,14H,4-6,10,17H2,1-3H3. The predicted octanol–water partition coefficient (Wildman–Crippen LogP) is 2.39. The Morgan fingerprint density at radius 1 is 1.32 bits per heavy atom. The summed E-state index contributed by atoms with van der Waals surface area (Å²) in [6, 6.07) is 5.85. The minimum absolute atomic E-state index is 0.326. The van der Waals surface area contributed by atoms with Crippen LogP contribution in [0.4, 0.5) is 0 Å². The van der Waals surface area contributed by atoms with E-state index in [-0.39, 0.29) is 5.97 Å². The molecule has 1 aromatic rings. The number of esters is 1. The van der Waals surface area contributed by atoms with Crippen LogP contribution in [0, 0.1) is 0 Å². The van der Waals surface area contributed by atoms with Crippen LogP contribution in [0.5, 0.6) is 0 Å². The van der Waals surface area contributed by atoms with Crippen LogP contribution in [0.15, 0.2) is 18.2 Å². The number of ether oxygens (including phenoxy) is 1. The Morgan fingerprint density at radius 3 is 2.68 bits per heavy atom. The summed E-state index contributed by atoms with van der Waals surface area (Å²) < 4.78 is 5.30. The molecule has 0 spiro atoms. The smallest absolute Gasteiger partial charge is 0.323 e. The van der Waals surface area contributed by atoms with E-state index in [1.54, 1.807) is 0 Å². The molecule has 0 aromatic heterocycles. The Hall–Kier alpha value is -1.35. The van der Waals surface area contributed by atoms with Gasteiger partial charge in [0.2, 0.25) is 0 Å². The zero-order chi connectivity index (χ0) is 14.0. The highest BCUT2D eigenvalue weighted by Gasteiger charge is 2.22. The Morgan fingerprint density at radius 2 is 2.00 bits per heavy atom. The van der Waals surface area contributed by atoms with E-state index in [0.717, 1.165) is 12.0 Å². The number of nitrogens with two attached hydrogens (primary N) is 1. The average Bonchev–Trinajstić information content (AvgIpc) is 2.73. The molecule has 0 amide bonds. The lowest BCUT2D eigenvalue weighted by molar-refractivity contribution is -0.156. The van der Waals surface area contributed by atoms with Gasteiger partial charge < -0.3 is 10.5 Å². The molecule has 0 heterocycles. The molecular formula is C16H23NO2. The third-order valence-electron chi connectivity index (χ3n) is 3.33. The Labute approximate surface area is 115 Å². The lowest BCUT2D eigenvalue weighted by Crippen LogP contribution is -2.38. The van der Waals surface area contributed by atoms with E-state index >= 15 is 0 Å². The molecule has 0 saturated carbocycles. The van der Waals surface area contributed by atoms with E-state index in [2.05, 4.69) is 18.2 Å². The molecule has 2 rings (SSSR count). The van der Waals surface area contributed by atoms with Crippen molar-refractivity contribution in [2.24, 2.45) is 5.73 Å². The first-order valence-electron chi connectivity index (χ1n) is 6.94. The van der Waals surface area contributed by atoms with Crippen molar-refractivity contribution in [1.29, 1.82) is 0 Å². The molecule has 0 bridgehead atoms. The van der Waals surface area contributed by atoms with Crippen molar-refractivity contribution in [3.63, 3.8) is 0 Å². The zero-order valence-electron chi connectivity index (χ0n) is 12.0. The second-order valence-electron chi connectivity index (χ2n) is 6.30. The number of carbonyl (C=O) groups excluding carboxylic acids is 1. The van der Waals surface area contributed by atoms with Crippen LogP contribution >= 0.6 is 0 Å². The molecule has 1 unspecified atom stereocenters. The number of rotatable bonds is 3. The summed E-state index contributed by atoms with van der Waals surface area (Å²) in [6.45, 7) is 5.56. The zero-order valence-corrected chi connectivity index (χ0v) is 12.0. The van der Waals surface area contributed by atoms with Gasteiger partial charge >= 0.3 is 5.97 Å². The average molecular weight is 261 g/mol. The first-order chi connectivity index (χ1) is 8.85. The molecule has 3 heteroatoms. The Kier molecular flexibility index (Phi) is 3.95. The van der Waals surface area contributed by atoms with Gasteiger partial charge in [0.15, 0.2) is 0 Å². The maximum atomic E-state index is 11.8. The first kappa shape index (κ1) is 14.1. The molecule has 3 nitrogen and oxygen atoms in total. The second-order valence-corrected chi connectivity index (χ2v) is 6.30. The number of benzene rings is 1. The van der Waals surface area contributed by atoms with Crippen LogP contribution in [0.2, 0.25) is 0 Å². The van der Waals surface area contributed by atoms with Gasteiger partial charge in [-0.05, 0) is 63.1 Å². The minimum atomic E-state index is -0.585. The van der Waals surface area contributed by atoms with E-state index in [1.807, 2.05) is 20.8 Å². The fourth-order valence-electron chi connectivity index (χ4n) is 2.47. The summed E-state index contributed by atoms with van der Waals surface area (Å²) in [7, 11) is 0. The molecule has 2 N–H and O–H groups in total. The number of fused-ring (bicyclic) bond motifs is 1. The van der Waals surface area contributed by atoms with Crippen LogP contribution in [0.3, 0.4) is 0 Å². The largest absolute Gasteiger partial charge is 0.459 e. The molecule has 0 radical (unpaired) electrons. The third kappa shape index (κ3) is 3.80. The SMILES string of the molecule is CC(C)(C)OC(=O)C(N)Cc1ccc2c(c1)CCC2. The van der Waals surface area contributed by atoms with Crippen molar-refractivity contribution in [2.75, 3.05) is 0 Å². The monoisotopic (exact) mass is 261 g/mol. The van der Waals surface area contributed by atoms with Gasteiger partial charge in [0, 0.05) is 0 Å². The molecule has 1 atom stereocenters. The highest BCUT2D eigenvalue weighted by atomic mass is 16.6. The summed E-state index contributed by atoms with van der Waals surface area (Å²) in [4.78, 5) is 11.8. The highest BCUT2D eigenvalue weighted by molar-refractivity contribution is 5.76. The molecular weight excluding hydrogens is 238 g/mol. The van der Waals surface area contributed by atoms with Crippen LogP contribution < -0.4 is 5.73 Å². The van der Waals surface area contributed by atoms with Gasteiger partial charge in [0.05, 0.1) is 0 Å². The molecule has 1 aliphatic carbocycles. The van der Waals surface area contributed by atoms with Gasteiger partial charge in [-0.2, -0.15) is 0 Å². The lowest BCUT2D eigenvalue weighted by Gasteiger charge is -2.22. The lowest BCUT2D eigenvalue weighted by atomic mass is 10.0. The van der Waals surface area contributed by atoms with Gasteiger partial charge in [0.25, 0.3) is 0 Å². The van der Waals surface area contributed by atoms with Gasteiger partial charge in [-0.1, -0.05) is 18.2 Å². The van der Waals surface area contributed by atoms with Crippen LogP contribution in [0.1, 0.15) is 43.9 Å². The number of hydrogen-bond donors (Lipinski definition) is 1. The van der Waals surface area contributed by atoms with Crippen LogP contribution in [-0.4, -0.2) is 17.6 Å². The fraction of sp³-hybridized carbons (Fsp3) is 0.562. The first-order valence-corrected chi connectivity index (χ1v) is 6.94. The molecule has 0 aliphatic heterocycles. The highest BCUT2D eigenvalue weighted by Crippen LogP contribution is 2.23. The molecule has 0 saturated heterocycles. The summed E-state index contributed by atoms with van der Waals surface area (Å²) >= 11 is 0. The summed E-state index contributed by atoms with van der Waals surface area (Å²) in [5.41, 5.74) is 9.42. The summed E-state index contributed by atoms with van der Waals surface area (Å²) in [6.07, 6.45) is 4.09. The van der Waals surface area contributed by atoms with Gasteiger partial charge in [0.1, 0.15) is 11.6 Å². The number of aryl methyl sites for hydroxylation is 2. The molecule has 104 valence electrons. The topological polar surface area (TPSA) is 52.3 Å². The molecule has 1 aromatic carbocycles. The quantitative estimate of drug-likeness (QED) is 0.850. The summed E-state index contributed by atoms with van der Waals surface area (Å²) in [5.74, 6) is -0.326. The van der Waals surface area contributed by atoms with Crippen molar-refractivity contribution >= 4 is 5.97 Å². The Bertz CT molecular complexity index is 474. The Balaban J connectivity index is 1.99.